The Balaban J connectivity index is 2.00. The van der Waals surface area contributed by atoms with Crippen LogP contribution in [0.3, 0.4) is 0 Å². The standard InChI is InChI=1S/C17H16FNO2S2/c1-10-5-7-13(8-6-10)23(20,21)16-14(15(16)17(19)22)11-3-2-4-12(18)9-11/h2-9,14-16H,1H3,(H2,19,22)/t14-,15+,16+/m1/s1. The second-order valence-electron chi connectivity index (χ2n) is 5.83. The zero-order valence-corrected chi connectivity index (χ0v) is 14.1. The van der Waals surface area contributed by atoms with E-state index < -0.39 is 32.7 Å². The fraction of sp³-hybridized carbons (Fsp3) is 0.235. The van der Waals surface area contributed by atoms with Crippen LogP contribution in [0.1, 0.15) is 17.0 Å². The molecule has 0 bridgehead atoms. The van der Waals surface area contributed by atoms with Crippen LogP contribution >= 0.6 is 12.2 Å². The van der Waals surface area contributed by atoms with Crippen molar-refractivity contribution in [2.45, 2.75) is 23.0 Å². The lowest BCUT2D eigenvalue weighted by atomic mass is 10.1. The third-order valence-corrected chi connectivity index (χ3v) is 6.73. The van der Waals surface area contributed by atoms with E-state index in [2.05, 4.69) is 0 Å². The number of thiocarbonyl (C=S) groups is 1. The van der Waals surface area contributed by atoms with E-state index in [1.165, 1.54) is 12.1 Å². The molecule has 0 radical (unpaired) electrons. The second kappa shape index (κ2) is 5.69. The van der Waals surface area contributed by atoms with Crippen molar-refractivity contribution in [1.29, 1.82) is 0 Å². The van der Waals surface area contributed by atoms with Gasteiger partial charge in [-0.05, 0) is 36.8 Å². The van der Waals surface area contributed by atoms with Crippen LogP contribution in [0.15, 0.2) is 53.4 Å². The van der Waals surface area contributed by atoms with E-state index in [1.807, 2.05) is 6.92 Å². The third kappa shape index (κ3) is 2.88. The van der Waals surface area contributed by atoms with E-state index in [9.17, 15) is 12.8 Å². The van der Waals surface area contributed by atoms with Gasteiger partial charge in [0, 0.05) is 11.8 Å². The summed E-state index contributed by atoms with van der Waals surface area (Å²) in [7, 11) is -3.58. The van der Waals surface area contributed by atoms with Crippen LogP contribution < -0.4 is 5.73 Å². The maximum absolute atomic E-state index is 13.5. The highest BCUT2D eigenvalue weighted by Crippen LogP contribution is 2.54. The van der Waals surface area contributed by atoms with Crippen LogP contribution in [0.5, 0.6) is 0 Å². The van der Waals surface area contributed by atoms with Gasteiger partial charge in [0.1, 0.15) is 5.82 Å². The van der Waals surface area contributed by atoms with Crippen molar-refractivity contribution in [2.24, 2.45) is 11.7 Å². The Hall–Kier alpha value is -1.79. The molecule has 1 fully saturated rings. The summed E-state index contributed by atoms with van der Waals surface area (Å²) >= 11 is 5.03. The average molecular weight is 349 g/mol. The minimum atomic E-state index is -3.58. The maximum Gasteiger partial charge on any atom is 0.182 e. The number of hydrogen-bond donors (Lipinski definition) is 1. The van der Waals surface area contributed by atoms with Gasteiger partial charge < -0.3 is 5.73 Å². The Morgan fingerprint density at radius 3 is 2.39 bits per heavy atom. The van der Waals surface area contributed by atoms with Gasteiger partial charge >= 0.3 is 0 Å². The normalized spacial score (nSPS) is 23.5. The van der Waals surface area contributed by atoms with Crippen LogP contribution in [-0.2, 0) is 9.84 Å². The van der Waals surface area contributed by atoms with Crippen molar-refractivity contribution in [2.75, 3.05) is 0 Å². The smallest absolute Gasteiger partial charge is 0.182 e. The molecule has 1 saturated carbocycles. The number of aryl methyl sites for hydroxylation is 1. The van der Waals surface area contributed by atoms with Gasteiger partial charge in [-0.1, -0.05) is 42.0 Å². The summed E-state index contributed by atoms with van der Waals surface area (Å²) in [6, 6.07) is 12.6. The largest absolute Gasteiger partial charge is 0.393 e. The summed E-state index contributed by atoms with van der Waals surface area (Å²) in [5, 5.41) is -0.732. The SMILES string of the molecule is Cc1ccc(S(=O)(=O)[C@@H]2[C@@H](C(N)=S)[C@H]2c2cccc(F)c2)cc1. The molecule has 0 amide bonds. The summed E-state index contributed by atoms with van der Waals surface area (Å²) in [5.41, 5.74) is 7.32. The van der Waals surface area contributed by atoms with Gasteiger partial charge in [-0.25, -0.2) is 12.8 Å². The summed E-state index contributed by atoms with van der Waals surface area (Å²) in [6.45, 7) is 1.89. The zero-order chi connectivity index (χ0) is 16.8. The van der Waals surface area contributed by atoms with E-state index in [-0.39, 0.29) is 9.88 Å². The van der Waals surface area contributed by atoms with E-state index in [0.29, 0.717) is 5.56 Å². The van der Waals surface area contributed by atoms with Gasteiger partial charge in [-0.15, -0.1) is 0 Å². The molecule has 0 spiro atoms. The fourth-order valence-electron chi connectivity index (χ4n) is 3.00. The summed E-state index contributed by atoms with van der Waals surface area (Å²) in [5.74, 6) is -1.25. The van der Waals surface area contributed by atoms with Crippen molar-refractivity contribution in [1.82, 2.24) is 0 Å². The Kier molecular flexibility index (Phi) is 3.98. The van der Waals surface area contributed by atoms with Crippen molar-refractivity contribution in [3.63, 3.8) is 0 Å². The fourth-order valence-corrected chi connectivity index (χ4v) is 5.54. The van der Waals surface area contributed by atoms with Crippen molar-refractivity contribution in [3.05, 3.63) is 65.5 Å². The number of halogens is 1. The van der Waals surface area contributed by atoms with Crippen LogP contribution in [0, 0.1) is 18.7 Å². The summed E-state index contributed by atoms with van der Waals surface area (Å²) < 4.78 is 39.2. The van der Waals surface area contributed by atoms with E-state index in [1.54, 1.807) is 36.4 Å². The first-order valence-corrected chi connectivity index (χ1v) is 9.13. The lowest BCUT2D eigenvalue weighted by Gasteiger charge is -2.05. The number of sulfone groups is 1. The van der Waals surface area contributed by atoms with Gasteiger partial charge in [0.25, 0.3) is 0 Å². The van der Waals surface area contributed by atoms with Gasteiger partial charge in [0.05, 0.1) is 15.1 Å². The van der Waals surface area contributed by atoms with Gasteiger partial charge in [-0.3, -0.25) is 0 Å². The molecule has 3 nitrogen and oxygen atoms in total. The average Bonchev–Trinajstić information content (AvgIpc) is 3.24. The first kappa shape index (κ1) is 16.1. The number of hydrogen-bond acceptors (Lipinski definition) is 3. The summed E-state index contributed by atoms with van der Waals surface area (Å²) in [6.07, 6.45) is 0. The van der Waals surface area contributed by atoms with Crippen LogP contribution in [-0.4, -0.2) is 18.7 Å². The molecule has 2 aromatic rings. The Bertz CT molecular complexity index is 862. The highest BCUT2D eigenvalue weighted by atomic mass is 32.2. The topological polar surface area (TPSA) is 60.2 Å². The Morgan fingerprint density at radius 1 is 1.17 bits per heavy atom. The van der Waals surface area contributed by atoms with Gasteiger partial charge in [0.2, 0.25) is 0 Å². The Morgan fingerprint density at radius 2 is 1.83 bits per heavy atom. The molecule has 6 heteroatoms. The molecule has 2 aromatic carbocycles. The van der Waals surface area contributed by atoms with Gasteiger partial charge in [0.15, 0.2) is 9.84 Å². The molecule has 2 N–H and O–H groups in total. The van der Waals surface area contributed by atoms with Crippen LogP contribution in [0.25, 0.3) is 0 Å². The minimum Gasteiger partial charge on any atom is -0.393 e. The first-order chi connectivity index (χ1) is 10.8. The Labute approximate surface area is 140 Å². The first-order valence-electron chi connectivity index (χ1n) is 7.18. The number of nitrogens with two attached hydrogens (primary N) is 1. The van der Waals surface area contributed by atoms with Crippen molar-refractivity contribution >= 4 is 27.0 Å². The molecular weight excluding hydrogens is 333 g/mol. The predicted molar refractivity (Wildman–Crippen MR) is 91.6 cm³/mol. The van der Waals surface area contributed by atoms with Crippen molar-refractivity contribution in [3.8, 4) is 0 Å². The molecule has 0 saturated heterocycles. The molecule has 3 rings (SSSR count). The lowest BCUT2D eigenvalue weighted by molar-refractivity contribution is 0.593. The minimum absolute atomic E-state index is 0.153. The molecule has 1 aliphatic carbocycles. The number of rotatable bonds is 4. The van der Waals surface area contributed by atoms with E-state index in [4.69, 9.17) is 18.0 Å². The molecule has 23 heavy (non-hydrogen) atoms. The molecule has 1 aliphatic rings. The maximum atomic E-state index is 13.5. The molecule has 0 unspecified atom stereocenters. The van der Waals surface area contributed by atoms with Crippen LogP contribution in [0.2, 0.25) is 0 Å². The summed E-state index contributed by atoms with van der Waals surface area (Å²) in [4.78, 5) is 0.396. The van der Waals surface area contributed by atoms with E-state index >= 15 is 0 Å². The van der Waals surface area contributed by atoms with Gasteiger partial charge in [-0.2, -0.15) is 0 Å². The highest BCUT2D eigenvalue weighted by Gasteiger charge is 2.60. The lowest BCUT2D eigenvalue weighted by Crippen LogP contribution is -2.17. The van der Waals surface area contributed by atoms with Crippen LogP contribution in [0.4, 0.5) is 4.39 Å². The van der Waals surface area contributed by atoms with Crippen molar-refractivity contribution < 1.29 is 12.8 Å². The predicted octanol–water partition coefficient (Wildman–Crippen LogP) is 2.98. The molecule has 0 heterocycles. The van der Waals surface area contributed by atoms with E-state index in [0.717, 1.165) is 5.56 Å². The zero-order valence-electron chi connectivity index (χ0n) is 12.4. The number of benzene rings is 2. The molecular formula is C17H16FNO2S2. The highest BCUT2D eigenvalue weighted by molar-refractivity contribution is 7.92. The second-order valence-corrected chi connectivity index (χ2v) is 8.41. The quantitative estimate of drug-likeness (QED) is 0.862. The molecule has 120 valence electrons. The monoisotopic (exact) mass is 349 g/mol. The molecule has 0 aliphatic heterocycles. The third-order valence-electron chi connectivity index (χ3n) is 4.22. The molecule has 3 atom stereocenters. The molecule has 0 aromatic heterocycles.